The molecule has 0 radical (unpaired) electrons. The normalized spacial score (nSPS) is 16.0. The van der Waals surface area contributed by atoms with E-state index in [4.69, 9.17) is 0 Å². The van der Waals surface area contributed by atoms with Gasteiger partial charge in [-0.15, -0.1) is 0 Å². The molecule has 7 nitrogen and oxygen atoms in total. The molecule has 0 saturated carbocycles. The van der Waals surface area contributed by atoms with E-state index >= 15 is 0 Å². The number of thioether (sulfide) groups is 1. The molecule has 3 rings (SSSR count). The maximum absolute atomic E-state index is 12.7. The molecule has 1 aliphatic heterocycles. The van der Waals surface area contributed by atoms with E-state index in [2.05, 4.69) is 17.6 Å². The number of aryl methyl sites for hydroxylation is 1. The van der Waals surface area contributed by atoms with Gasteiger partial charge in [0.05, 0.1) is 0 Å². The Kier molecular flexibility index (Phi) is 9.58. The predicted molar refractivity (Wildman–Crippen MR) is 146 cm³/mol. The molecular formula is C28H35N3O4S. The molecule has 1 aliphatic rings. The lowest BCUT2D eigenvalue weighted by atomic mass is 10.0. The van der Waals surface area contributed by atoms with Crippen LogP contribution >= 0.6 is 11.8 Å². The van der Waals surface area contributed by atoms with Crippen molar-refractivity contribution in [1.82, 2.24) is 10.2 Å². The van der Waals surface area contributed by atoms with Gasteiger partial charge in [0.15, 0.2) is 5.37 Å². The van der Waals surface area contributed by atoms with E-state index in [1.165, 1.54) is 30.2 Å². The van der Waals surface area contributed by atoms with Crippen LogP contribution in [0.1, 0.15) is 61.5 Å². The third-order valence-electron chi connectivity index (χ3n) is 6.10. The van der Waals surface area contributed by atoms with Gasteiger partial charge in [0.25, 0.3) is 11.8 Å². The minimum Gasteiger partial charge on any atom is -0.480 e. The van der Waals surface area contributed by atoms with Crippen molar-refractivity contribution in [3.8, 4) is 0 Å². The largest absolute Gasteiger partial charge is 0.480 e. The second-order valence-electron chi connectivity index (χ2n) is 9.38. The first kappa shape index (κ1) is 27.3. The maximum atomic E-state index is 12.7. The Balaban J connectivity index is 1.57. The highest BCUT2D eigenvalue weighted by molar-refractivity contribution is 8.09. The van der Waals surface area contributed by atoms with Gasteiger partial charge in [0.1, 0.15) is 6.04 Å². The van der Waals surface area contributed by atoms with E-state index in [0.717, 1.165) is 23.3 Å². The smallest absolute Gasteiger partial charge is 0.326 e. The van der Waals surface area contributed by atoms with Gasteiger partial charge in [0, 0.05) is 29.4 Å². The fourth-order valence-electron chi connectivity index (χ4n) is 3.93. The summed E-state index contributed by atoms with van der Waals surface area (Å²) in [6.45, 7) is 5.71. The number of aliphatic carboxylic acids is 1. The molecule has 2 amide bonds. The van der Waals surface area contributed by atoms with Gasteiger partial charge < -0.3 is 20.6 Å². The number of anilines is 1. The summed E-state index contributed by atoms with van der Waals surface area (Å²) in [5.41, 5.74) is 3.45. The van der Waals surface area contributed by atoms with Gasteiger partial charge in [-0.2, -0.15) is 0 Å². The average molecular weight is 510 g/mol. The van der Waals surface area contributed by atoms with Gasteiger partial charge in [0.2, 0.25) is 0 Å². The van der Waals surface area contributed by atoms with Crippen LogP contribution in [-0.4, -0.2) is 46.3 Å². The Bertz CT molecular complexity index is 1100. The average Bonchev–Trinajstić information content (AvgIpc) is 3.24. The number of nitrogens with zero attached hydrogens (tertiary/aromatic N) is 1. The lowest BCUT2D eigenvalue weighted by molar-refractivity contribution is -0.143. The highest BCUT2D eigenvalue weighted by Crippen LogP contribution is 2.39. The molecule has 2 atom stereocenters. The fourth-order valence-corrected chi connectivity index (χ4v) is 5.07. The Morgan fingerprint density at radius 3 is 2.28 bits per heavy atom. The van der Waals surface area contributed by atoms with E-state index in [-0.39, 0.29) is 17.7 Å². The number of rotatable bonds is 11. The zero-order chi connectivity index (χ0) is 26.2. The molecule has 2 aromatic rings. The molecule has 0 aliphatic carbocycles. The summed E-state index contributed by atoms with van der Waals surface area (Å²) in [6.07, 6.45) is 6.45. The van der Waals surface area contributed by atoms with Crippen LogP contribution in [0.25, 0.3) is 4.91 Å². The summed E-state index contributed by atoms with van der Waals surface area (Å²) in [5, 5.41) is 14.4. The number of amides is 2. The molecule has 3 N–H and O–H groups in total. The number of hydrogen-bond donors (Lipinski definition) is 3. The highest BCUT2D eigenvalue weighted by Gasteiger charge is 2.33. The minimum atomic E-state index is -1.04. The van der Waals surface area contributed by atoms with E-state index in [9.17, 15) is 19.5 Å². The van der Waals surface area contributed by atoms with Gasteiger partial charge in [-0.3, -0.25) is 9.59 Å². The first-order valence-electron chi connectivity index (χ1n) is 12.3. The second kappa shape index (κ2) is 12.6. The van der Waals surface area contributed by atoms with Crippen molar-refractivity contribution >= 4 is 40.1 Å². The van der Waals surface area contributed by atoms with Crippen LogP contribution in [0.3, 0.4) is 0 Å². The molecule has 2 aromatic carbocycles. The molecule has 192 valence electrons. The predicted octanol–water partition coefficient (Wildman–Crippen LogP) is 5.20. The summed E-state index contributed by atoms with van der Waals surface area (Å²) in [7, 11) is 1.79. The van der Waals surface area contributed by atoms with E-state index in [0.29, 0.717) is 11.3 Å². The summed E-state index contributed by atoms with van der Waals surface area (Å²) in [5.74, 6) is -1.76. The van der Waals surface area contributed by atoms with E-state index < -0.39 is 17.4 Å². The minimum absolute atomic E-state index is 0.160. The highest BCUT2D eigenvalue weighted by atomic mass is 32.2. The zero-order valence-corrected chi connectivity index (χ0v) is 22.1. The number of carboxylic acids is 1. The van der Waals surface area contributed by atoms with Gasteiger partial charge in [-0.1, -0.05) is 69.6 Å². The topological polar surface area (TPSA) is 98.7 Å². The van der Waals surface area contributed by atoms with Crippen molar-refractivity contribution in [1.29, 1.82) is 0 Å². The summed E-state index contributed by atoms with van der Waals surface area (Å²) >= 11 is 1.36. The lowest BCUT2D eigenvalue weighted by Crippen LogP contribution is -2.49. The van der Waals surface area contributed by atoms with Gasteiger partial charge in [-0.25, -0.2) is 4.79 Å². The number of carbonyl (C=O) groups is 3. The number of hydrogen-bond acceptors (Lipinski definition) is 5. The molecule has 0 aromatic heterocycles. The molecule has 1 heterocycles. The Hall–Kier alpha value is -3.26. The standard InChI is InChI=1S/C28H35N3O4S/c1-5-6-7-8-19-9-11-21(12-10-19)25(32)29-22-15-13-20(14-16-22)23-17-31(4)27(36-23)26(33)30-24(18(2)3)28(34)35/h9-18,24,27H,5-8H2,1-4H3,(H,29,32)(H,30,33)(H,34,35). The fraction of sp³-hybridized carbons (Fsp3) is 0.393. The Morgan fingerprint density at radius 2 is 1.69 bits per heavy atom. The number of carboxylic acid groups (broad SMARTS) is 1. The third kappa shape index (κ3) is 7.13. The molecule has 0 saturated heterocycles. The zero-order valence-electron chi connectivity index (χ0n) is 21.3. The second-order valence-corrected chi connectivity index (χ2v) is 10.5. The van der Waals surface area contributed by atoms with Gasteiger partial charge in [-0.05, 0) is 54.2 Å². The molecule has 0 spiro atoms. The summed E-state index contributed by atoms with van der Waals surface area (Å²) in [6, 6.07) is 14.3. The van der Waals surface area contributed by atoms with E-state index in [1.54, 1.807) is 25.8 Å². The molecule has 36 heavy (non-hydrogen) atoms. The van der Waals surface area contributed by atoms with Crippen LogP contribution in [0, 0.1) is 5.92 Å². The number of nitrogens with one attached hydrogen (secondary N) is 2. The van der Waals surface area contributed by atoms with Crippen molar-refractivity contribution in [3.63, 3.8) is 0 Å². The van der Waals surface area contributed by atoms with Crippen LogP contribution in [0.2, 0.25) is 0 Å². The lowest BCUT2D eigenvalue weighted by Gasteiger charge is -2.23. The third-order valence-corrected chi connectivity index (χ3v) is 7.46. The van der Waals surface area contributed by atoms with Crippen molar-refractivity contribution < 1.29 is 19.5 Å². The maximum Gasteiger partial charge on any atom is 0.326 e. The molecule has 0 bridgehead atoms. The first-order chi connectivity index (χ1) is 17.2. The van der Waals surface area contributed by atoms with Gasteiger partial charge >= 0.3 is 5.97 Å². The van der Waals surface area contributed by atoms with Crippen LogP contribution in [0.5, 0.6) is 0 Å². The van der Waals surface area contributed by atoms with Crippen molar-refractivity contribution in [2.45, 2.75) is 57.9 Å². The SMILES string of the molecule is CCCCCc1ccc(C(=O)Nc2ccc(C3=CN(C)C(C(=O)NC(C(=O)O)C(C)C)S3)cc2)cc1. The molecule has 2 unspecified atom stereocenters. The quantitative estimate of drug-likeness (QED) is 0.360. The molecule has 0 fully saturated rings. The Morgan fingerprint density at radius 1 is 1.03 bits per heavy atom. The van der Waals surface area contributed by atoms with Crippen molar-refractivity contribution in [2.24, 2.45) is 5.92 Å². The first-order valence-corrected chi connectivity index (χ1v) is 13.2. The number of likely N-dealkylation sites (N-methyl/N-ethyl adjacent to an activating group) is 1. The summed E-state index contributed by atoms with van der Waals surface area (Å²) < 4.78 is 0. The number of unbranched alkanes of at least 4 members (excludes halogenated alkanes) is 2. The number of benzene rings is 2. The number of carbonyl (C=O) groups excluding carboxylic acids is 2. The van der Waals surface area contributed by atoms with Crippen molar-refractivity contribution in [2.75, 3.05) is 12.4 Å². The van der Waals surface area contributed by atoms with Crippen molar-refractivity contribution in [3.05, 3.63) is 71.4 Å². The molecule has 8 heteroatoms. The monoisotopic (exact) mass is 509 g/mol. The summed E-state index contributed by atoms with van der Waals surface area (Å²) in [4.78, 5) is 39.5. The van der Waals surface area contributed by atoms with Crippen LogP contribution in [0.15, 0.2) is 54.7 Å². The van der Waals surface area contributed by atoms with Crippen LogP contribution in [0.4, 0.5) is 5.69 Å². The van der Waals surface area contributed by atoms with Crippen LogP contribution < -0.4 is 10.6 Å². The Labute approximate surface area is 217 Å². The van der Waals surface area contributed by atoms with E-state index in [1.807, 2.05) is 54.7 Å². The molecular weight excluding hydrogens is 474 g/mol. The van der Waals surface area contributed by atoms with Crippen LogP contribution in [-0.2, 0) is 16.0 Å².